The fraction of sp³-hybridized carbons (Fsp3) is 0.538. The monoisotopic (exact) mass is 476 g/mol. The molecule has 9 nitrogen and oxygen atoms in total. The molecule has 2 aliphatic heterocycles. The molecule has 0 spiro atoms. The fourth-order valence-corrected chi connectivity index (χ4v) is 5.08. The Balaban J connectivity index is 1.38. The largest absolute Gasteiger partial charge is 0.387 e. The molecule has 0 aliphatic carbocycles. The number of pyridine rings is 2. The molecule has 186 valence electrons. The number of hydrogen-bond donors (Lipinski definition) is 2. The Labute approximate surface area is 207 Å². The van der Waals surface area contributed by atoms with Crippen LogP contribution < -0.4 is 10.2 Å². The van der Waals surface area contributed by atoms with Gasteiger partial charge in [-0.05, 0) is 58.4 Å². The van der Waals surface area contributed by atoms with Crippen LogP contribution in [0.25, 0.3) is 10.9 Å². The fourth-order valence-electron chi connectivity index (χ4n) is 5.08. The number of nitrogens with one attached hydrogen (secondary N) is 1. The van der Waals surface area contributed by atoms with E-state index in [0.717, 1.165) is 62.3 Å². The van der Waals surface area contributed by atoms with Crippen molar-refractivity contribution in [2.75, 3.05) is 43.4 Å². The molecule has 5 rings (SSSR count). The highest BCUT2D eigenvalue weighted by Gasteiger charge is 2.31. The Morgan fingerprint density at radius 2 is 1.77 bits per heavy atom. The van der Waals surface area contributed by atoms with Gasteiger partial charge in [0, 0.05) is 62.6 Å². The van der Waals surface area contributed by atoms with Gasteiger partial charge in [-0.15, -0.1) is 0 Å². The van der Waals surface area contributed by atoms with E-state index in [1.165, 1.54) is 5.56 Å². The van der Waals surface area contributed by atoms with Gasteiger partial charge in [-0.1, -0.05) is 6.07 Å². The third-order valence-electron chi connectivity index (χ3n) is 7.26. The van der Waals surface area contributed by atoms with Crippen molar-refractivity contribution in [1.29, 1.82) is 0 Å². The topological polar surface area (TPSA) is 93.5 Å². The van der Waals surface area contributed by atoms with E-state index in [1.54, 1.807) is 13.1 Å². The summed E-state index contributed by atoms with van der Waals surface area (Å²) in [5, 5.41) is 14.4. The molecule has 0 radical (unpaired) electrons. The van der Waals surface area contributed by atoms with Gasteiger partial charge in [0.1, 0.15) is 11.3 Å². The van der Waals surface area contributed by atoms with E-state index in [1.807, 2.05) is 18.3 Å². The van der Waals surface area contributed by atoms with Gasteiger partial charge in [-0.2, -0.15) is 0 Å². The number of hydrogen-bond acceptors (Lipinski definition) is 9. The molecule has 0 saturated carbocycles. The van der Waals surface area contributed by atoms with Crippen molar-refractivity contribution >= 4 is 28.5 Å². The summed E-state index contributed by atoms with van der Waals surface area (Å²) in [6.45, 7) is 11.5. The second-order valence-electron chi connectivity index (χ2n) is 10.1. The number of rotatable bonds is 6. The smallest absolute Gasteiger partial charge is 0.229 e. The van der Waals surface area contributed by atoms with E-state index < -0.39 is 6.10 Å². The standard InChI is InChI=1S/C26H36N8O/c1-17-5-6-18(2)34(17)25-24-21(13-22(29-25)19(3)35)15-28-26(31-24)30-23-8-7-20(14-27-23)16-33-11-9-32(4)10-12-33/h7-8,13-15,17-19,35H,5-6,9-12,16H2,1-4H3,(H,27,28,30,31)/t17?,18?,19-/m1/s1. The lowest BCUT2D eigenvalue weighted by Gasteiger charge is -2.32. The minimum atomic E-state index is -0.655. The Kier molecular flexibility index (Phi) is 6.82. The van der Waals surface area contributed by atoms with E-state index in [2.05, 4.69) is 56.9 Å². The molecule has 5 heterocycles. The van der Waals surface area contributed by atoms with Crippen molar-refractivity contribution in [3.05, 3.63) is 41.9 Å². The zero-order chi connectivity index (χ0) is 24.5. The van der Waals surface area contributed by atoms with Crippen LogP contribution >= 0.6 is 0 Å². The van der Waals surface area contributed by atoms with Crippen molar-refractivity contribution in [2.45, 2.75) is 58.3 Å². The van der Waals surface area contributed by atoms with Crippen LogP contribution in [0.1, 0.15) is 51.0 Å². The number of aliphatic hydroxyl groups excluding tert-OH is 1. The zero-order valence-electron chi connectivity index (χ0n) is 21.1. The van der Waals surface area contributed by atoms with Crippen LogP contribution in [0.3, 0.4) is 0 Å². The number of nitrogens with zero attached hydrogens (tertiary/aromatic N) is 7. The summed E-state index contributed by atoms with van der Waals surface area (Å²) in [4.78, 5) is 26.0. The summed E-state index contributed by atoms with van der Waals surface area (Å²) < 4.78 is 0. The maximum absolute atomic E-state index is 10.2. The Morgan fingerprint density at radius 3 is 2.43 bits per heavy atom. The molecule has 2 unspecified atom stereocenters. The second-order valence-corrected chi connectivity index (χ2v) is 10.1. The predicted molar refractivity (Wildman–Crippen MR) is 139 cm³/mol. The molecule has 2 N–H and O–H groups in total. The predicted octanol–water partition coefficient (Wildman–Crippen LogP) is 3.34. The number of anilines is 3. The highest BCUT2D eigenvalue weighted by molar-refractivity contribution is 5.90. The van der Waals surface area contributed by atoms with Crippen molar-refractivity contribution < 1.29 is 5.11 Å². The molecule has 3 atom stereocenters. The van der Waals surface area contributed by atoms with Gasteiger partial charge >= 0.3 is 0 Å². The number of fused-ring (bicyclic) bond motifs is 1. The molecule has 2 aliphatic rings. The lowest BCUT2D eigenvalue weighted by Crippen LogP contribution is -2.43. The zero-order valence-corrected chi connectivity index (χ0v) is 21.1. The normalized spacial score (nSPS) is 22.6. The van der Waals surface area contributed by atoms with Crippen LogP contribution in [0, 0.1) is 0 Å². The number of piperazine rings is 1. The lowest BCUT2D eigenvalue weighted by molar-refractivity contribution is 0.148. The average Bonchev–Trinajstić information content (AvgIpc) is 3.18. The molecular weight excluding hydrogens is 440 g/mol. The van der Waals surface area contributed by atoms with E-state index in [4.69, 9.17) is 9.97 Å². The van der Waals surface area contributed by atoms with E-state index >= 15 is 0 Å². The van der Waals surface area contributed by atoms with Gasteiger partial charge in [-0.3, -0.25) is 4.90 Å². The number of likely N-dealkylation sites (N-methyl/N-ethyl adjacent to an activating group) is 1. The molecule has 35 heavy (non-hydrogen) atoms. The van der Waals surface area contributed by atoms with Crippen LogP contribution in [0.4, 0.5) is 17.6 Å². The van der Waals surface area contributed by atoms with Gasteiger partial charge in [-0.25, -0.2) is 19.9 Å². The molecule has 3 aromatic rings. The maximum atomic E-state index is 10.2. The van der Waals surface area contributed by atoms with Gasteiger partial charge in [0.05, 0.1) is 11.8 Å². The molecule has 2 fully saturated rings. The first kappa shape index (κ1) is 23.8. The number of aromatic nitrogens is 4. The first-order valence-corrected chi connectivity index (χ1v) is 12.6. The molecule has 0 bridgehead atoms. The van der Waals surface area contributed by atoms with Gasteiger partial charge < -0.3 is 20.2 Å². The third kappa shape index (κ3) is 5.22. The molecule has 9 heteroatoms. The first-order valence-electron chi connectivity index (χ1n) is 12.6. The average molecular weight is 477 g/mol. The van der Waals surface area contributed by atoms with Crippen molar-refractivity contribution in [1.82, 2.24) is 29.7 Å². The van der Waals surface area contributed by atoms with E-state index in [9.17, 15) is 5.11 Å². The summed E-state index contributed by atoms with van der Waals surface area (Å²) in [5.74, 6) is 2.02. The minimum Gasteiger partial charge on any atom is -0.387 e. The minimum absolute atomic E-state index is 0.367. The SMILES string of the molecule is CC1CCC(C)N1c1nc([C@@H](C)O)cc2cnc(Nc3ccc(CN4CCN(C)CC4)cn3)nc12. The highest BCUT2D eigenvalue weighted by atomic mass is 16.3. The van der Waals surface area contributed by atoms with E-state index in [0.29, 0.717) is 29.5 Å². The van der Waals surface area contributed by atoms with Crippen molar-refractivity contribution in [3.63, 3.8) is 0 Å². The summed E-state index contributed by atoms with van der Waals surface area (Å²) >= 11 is 0. The van der Waals surface area contributed by atoms with Gasteiger partial charge in [0.15, 0.2) is 5.82 Å². The summed E-state index contributed by atoms with van der Waals surface area (Å²) in [5.41, 5.74) is 2.63. The van der Waals surface area contributed by atoms with Crippen molar-refractivity contribution in [3.8, 4) is 0 Å². The Bertz CT molecular complexity index is 1150. The quantitative estimate of drug-likeness (QED) is 0.555. The molecule has 3 aromatic heterocycles. The lowest BCUT2D eigenvalue weighted by atomic mass is 10.1. The summed E-state index contributed by atoms with van der Waals surface area (Å²) in [6, 6.07) is 6.71. The van der Waals surface area contributed by atoms with Crippen LogP contribution in [0.2, 0.25) is 0 Å². The van der Waals surface area contributed by atoms with Crippen molar-refractivity contribution in [2.24, 2.45) is 0 Å². The summed E-state index contributed by atoms with van der Waals surface area (Å²) in [7, 11) is 2.17. The Morgan fingerprint density at radius 1 is 1.03 bits per heavy atom. The number of aliphatic hydroxyl groups is 1. The third-order valence-corrected chi connectivity index (χ3v) is 7.26. The Hall–Kier alpha value is -2.88. The molecular formula is C26H36N8O. The van der Waals surface area contributed by atoms with Crippen LogP contribution in [0.5, 0.6) is 0 Å². The highest BCUT2D eigenvalue weighted by Crippen LogP contribution is 2.34. The maximum Gasteiger partial charge on any atom is 0.229 e. The first-order chi connectivity index (χ1) is 16.9. The van der Waals surface area contributed by atoms with Crippen LogP contribution in [-0.2, 0) is 6.54 Å². The summed E-state index contributed by atoms with van der Waals surface area (Å²) in [6.07, 6.45) is 5.30. The molecule has 0 amide bonds. The van der Waals surface area contributed by atoms with Gasteiger partial charge in [0.25, 0.3) is 0 Å². The molecule has 0 aromatic carbocycles. The van der Waals surface area contributed by atoms with Crippen LogP contribution in [0.15, 0.2) is 30.6 Å². The van der Waals surface area contributed by atoms with Crippen LogP contribution in [-0.4, -0.2) is 80.2 Å². The van der Waals surface area contributed by atoms with Gasteiger partial charge in [0.2, 0.25) is 5.95 Å². The van der Waals surface area contributed by atoms with E-state index in [-0.39, 0.29) is 0 Å². The molecule has 2 saturated heterocycles. The second kappa shape index (κ2) is 10.0.